The van der Waals surface area contributed by atoms with E-state index in [1.807, 2.05) is 0 Å². The molecule has 13 heavy (non-hydrogen) atoms. The maximum atomic E-state index is 13.5. The van der Waals surface area contributed by atoms with Gasteiger partial charge in [-0.2, -0.15) is 0 Å². The zero-order valence-corrected chi connectivity index (χ0v) is 8.35. The van der Waals surface area contributed by atoms with Gasteiger partial charge in [-0.25, -0.2) is 4.39 Å². The fourth-order valence-corrected chi connectivity index (χ4v) is 2.31. The van der Waals surface area contributed by atoms with Gasteiger partial charge in [-0.15, -0.1) is 0 Å². The number of likely N-dealkylation sites (tertiary alicyclic amines) is 1. The second kappa shape index (κ2) is 3.54. The van der Waals surface area contributed by atoms with Crippen molar-refractivity contribution in [2.45, 2.75) is 37.9 Å². The molecule has 1 unspecified atom stereocenters. The molecule has 0 radical (unpaired) electrons. The van der Waals surface area contributed by atoms with Crippen molar-refractivity contribution in [2.75, 3.05) is 26.2 Å². The normalized spacial score (nSPS) is 35.1. The summed E-state index contributed by atoms with van der Waals surface area (Å²) in [5.41, 5.74) is -0.900. The number of hydrogen-bond donors (Lipinski definition) is 1. The summed E-state index contributed by atoms with van der Waals surface area (Å²) < 4.78 is 13.5. The van der Waals surface area contributed by atoms with Crippen LogP contribution in [0.1, 0.15) is 26.2 Å². The second-order valence-electron chi connectivity index (χ2n) is 4.60. The van der Waals surface area contributed by atoms with Crippen LogP contribution < -0.4 is 5.32 Å². The van der Waals surface area contributed by atoms with E-state index in [0.29, 0.717) is 18.9 Å². The molecule has 2 fully saturated rings. The molecule has 0 aromatic heterocycles. The van der Waals surface area contributed by atoms with Crippen molar-refractivity contribution < 1.29 is 4.39 Å². The van der Waals surface area contributed by atoms with Crippen LogP contribution in [-0.2, 0) is 0 Å². The lowest BCUT2D eigenvalue weighted by Gasteiger charge is -2.37. The molecule has 2 aliphatic rings. The predicted molar refractivity (Wildman–Crippen MR) is 51.6 cm³/mol. The van der Waals surface area contributed by atoms with E-state index in [0.717, 1.165) is 26.2 Å². The molecule has 0 saturated carbocycles. The van der Waals surface area contributed by atoms with Crippen LogP contribution in [0.3, 0.4) is 0 Å². The van der Waals surface area contributed by atoms with Crippen molar-refractivity contribution in [2.24, 2.45) is 0 Å². The molecule has 2 rings (SSSR count). The molecule has 0 spiro atoms. The largest absolute Gasteiger partial charge is 0.315 e. The van der Waals surface area contributed by atoms with Gasteiger partial charge in [0.2, 0.25) is 0 Å². The fraction of sp³-hybridized carbons (Fsp3) is 1.00. The molecule has 2 saturated heterocycles. The second-order valence-corrected chi connectivity index (χ2v) is 4.60. The minimum atomic E-state index is -0.900. The van der Waals surface area contributed by atoms with Crippen LogP contribution in [0, 0.1) is 0 Å². The minimum Gasteiger partial charge on any atom is -0.315 e. The zero-order chi connectivity index (χ0) is 9.31. The summed E-state index contributed by atoms with van der Waals surface area (Å²) >= 11 is 0. The first-order chi connectivity index (χ1) is 6.17. The van der Waals surface area contributed by atoms with Crippen molar-refractivity contribution >= 4 is 0 Å². The van der Waals surface area contributed by atoms with Crippen LogP contribution in [0.15, 0.2) is 0 Å². The van der Waals surface area contributed by atoms with Crippen LogP contribution >= 0.6 is 0 Å². The molecular weight excluding hydrogens is 167 g/mol. The number of hydrogen-bond acceptors (Lipinski definition) is 2. The third-order valence-electron chi connectivity index (χ3n) is 3.39. The van der Waals surface area contributed by atoms with E-state index in [2.05, 4.69) is 10.2 Å². The fourth-order valence-electron chi connectivity index (χ4n) is 2.31. The number of nitrogens with zero attached hydrogens (tertiary/aromatic N) is 1. The smallest absolute Gasteiger partial charge is 0.110 e. The summed E-state index contributed by atoms with van der Waals surface area (Å²) in [7, 11) is 0. The predicted octanol–water partition coefficient (Wildman–Crippen LogP) is 1.17. The Bertz CT molecular complexity index is 166. The van der Waals surface area contributed by atoms with E-state index >= 15 is 0 Å². The van der Waals surface area contributed by atoms with Gasteiger partial charge < -0.3 is 5.32 Å². The van der Waals surface area contributed by atoms with Gasteiger partial charge in [0.15, 0.2) is 0 Å². The zero-order valence-electron chi connectivity index (χ0n) is 8.35. The highest BCUT2D eigenvalue weighted by atomic mass is 19.1. The average Bonchev–Trinajstić information content (AvgIpc) is 2.56. The standard InChI is InChI=1S/C10H19FN2/c1-10(11)3-6-13(7-4-10)9-2-5-12-8-9/h9,12H,2-8H2,1H3. The summed E-state index contributed by atoms with van der Waals surface area (Å²) in [5, 5.41) is 3.35. The molecule has 0 amide bonds. The number of nitrogens with one attached hydrogen (secondary N) is 1. The van der Waals surface area contributed by atoms with Crippen molar-refractivity contribution in [1.82, 2.24) is 10.2 Å². The molecule has 3 heteroatoms. The molecule has 76 valence electrons. The van der Waals surface area contributed by atoms with Crippen LogP contribution in [0.25, 0.3) is 0 Å². The topological polar surface area (TPSA) is 15.3 Å². The molecule has 2 heterocycles. The molecule has 0 aromatic carbocycles. The molecule has 0 bridgehead atoms. The highest BCUT2D eigenvalue weighted by Gasteiger charge is 2.33. The minimum absolute atomic E-state index is 0.677. The van der Waals surface area contributed by atoms with Gasteiger partial charge >= 0.3 is 0 Å². The van der Waals surface area contributed by atoms with Gasteiger partial charge in [-0.05, 0) is 32.7 Å². The highest BCUT2D eigenvalue weighted by molar-refractivity contribution is 4.88. The van der Waals surface area contributed by atoms with Gasteiger partial charge in [-0.3, -0.25) is 4.90 Å². The molecule has 2 aliphatic heterocycles. The van der Waals surface area contributed by atoms with E-state index in [9.17, 15) is 4.39 Å². The third kappa shape index (κ3) is 2.20. The lowest BCUT2D eigenvalue weighted by Crippen LogP contribution is -2.46. The molecule has 0 aliphatic carbocycles. The Morgan fingerprint density at radius 2 is 2.08 bits per heavy atom. The van der Waals surface area contributed by atoms with E-state index in [-0.39, 0.29) is 0 Å². The maximum absolute atomic E-state index is 13.5. The Kier molecular flexibility index (Phi) is 2.56. The van der Waals surface area contributed by atoms with Crippen molar-refractivity contribution in [3.05, 3.63) is 0 Å². The molecule has 1 atom stereocenters. The lowest BCUT2D eigenvalue weighted by molar-refractivity contribution is 0.0555. The first-order valence-electron chi connectivity index (χ1n) is 5.31. The van der Waals surface area contributed by atoms with Crippen LogP contribution in [0.2, 0.25) is 0 Å². The van der Waals surface area contributed by atoms with Gasteiger partial charge in [0.05, 0.1) is 0 Å². The first-order valence-corrected chi connectivity index (χ1v) is 5.31. The number of alkyl halides is 1. The summed E-state index contributed by atoms with van der Waals surface area (Å²) in [6, 6.07) is 0.677. The Labute approximate surface area is 79.5 Å². The van der Waals surface area contributed by atoms with Crippen LogP contribution in [-0.4, -0.2) is 42.8 Å². The van der Waals surface area contributed by atoms with E-state index in [4.69, 9.17) is 0 Å². The SMILES string of the molecule is CC1(F)CCN(C2CCNC2)CC1. The van der Waals surface area contributed by atoms with E-state index in [1.54, 1.807) is 6.92 Å². The monoisotopic (exact) mass is 186 g/mol. The number of halogens is 1. The quantitative estimate of drug-likeness (QED) is 0.661. The van der Waals surface area contributed by atoms with Crippen LogP contribution in [0.5, 0.6) is 0 Å². The summed E-state index contributed by atoms with van der Waals surface area (Å²) in [5.74, 6) is 0. The number of rotatable bonds is 1. The average molecular weight is 186 g/mol. The Morgan fingerprint density at radius 3 is 2.62 bits per heavy atom. The maximum Gasteiger partial charge on any atom is 0.110 e. The van der Waals surface area contributed by atoms with Gasteiger partial charge in [-0.1, -0.05) is 0 Å². The summed E-state index contributed by atoms with van der Waals surface area (Å²) in [6.07, 6.45) is 2.66. The summed E-state index contributed by atoms with van der Waals surface area (Å²) in [6.45, 7) is 5.85. The van der Waals surface area contributed by atoms with Crippen LogP contribution in [0.4, 0.5) is 4.39 Å². The first kappa shape index (κ1) is 9.41. The lowest BCUT2D eigenvalue weighted by atomic mass is 9.94. The Balaban J connectivity index is 1.83. The molecule has 1 N–H and O–H groups in total. The van der Waals surface area contributed by atoms with Gasteiger partial charge in [0, 0.05) is 25.7 Å². The highest BCUT2D eigenvalue weighted by Crippen LogP contribution is 2.27. The Hall–Kier alpha value is -0.150. The van der Waals surface area contributed by atoms with Crippen molar-refractivity contribution in [1.29, 1.82) is 0 Å². The van der Waals surface area contributed by atoms with Crippen molar-refractivity contribution in [3.8, 4) is 0 Å². The van der Waals surface area contributed by atoms with Crippen molar-refractivity contribution in [3.63, 3.8) is 0 Å². The number of piperidine rings is 1. The molecular formula is C10H19FN2. The van der Waals surface area contributed by atoms with Gasteiger partial charge in [0.25, 0.3) is 0 Å². The van der Waals surface area contributed by atoms with E-state index < -0.39 is 5.67 Å². The van der Waals surface area contributed by atoms with E-state index in [1.165, 1.54) is 6.42 Å². The molecule has 2 nitrogen and oxygen atoms in total. The third-order valence-corrected chi connectivity index (χ3v) is 3.39. The molecule has 0 aromatic rings. The van der Waals surface area contributed by atoms with Gasteiger partial charge in [0.1, 0.15) is 5.67 Å². The Morgan fingerprint density at radius 1 is 1.38 bits per heavy atom. The summed E-state index contributed by atoms with van der Waals surface area (Å²) in [4.78, 5) is 2.45.